The van der Waals surface area contributed by atoms with E-state index < -0.39 is 0 Å². The Morgan fingerprint density at radius 1 is 1.22 bits per heavy atom. The number of rotatable bonds is 8. The van der Waals surface area contributed by atoms with Crippen LogP contribution in [-0.4, -0.2) is 12.3 Å². The minimum atomic E-state index is 0.252. The SMILES string of the molecule is CCCc1ccc(C(=O)CCC(C)CCN)cc1. The van der Waals surface area contributed by atoms with Gasteiger partial charge in [-0.2, -0.15) is 0 Å². The van der Waals surface area contributed by atoms with Crippen LogP contribution in [0.5, 0.6) is 0 Å². The highest BCUT2D eigenvalue weighted by Crippen LogP contribution is 2.14. The molecule has 1 aromatic carbocycles. The third kappa shape index (κ3) is 5.01. The van der Waals surface area contributed by atoms with Crippen LogP contribution in [0.15, 0.2) is 24.3 Å². The summed E-state index contributed by atoms with van der Waals surface area (Å²) in [6.07, 6.45) is 4.80. The molecule has 2 N–H and O–H groups in total. The molecule has 18 heavy (non-hydrogen) atoms. The van der Waals surface area contributed by atoms with E-state index in [9.17, 15) is 4.79 Å². The van der Waals surface area contributed by atoms with Gasteiger partial charge in [0.05, 0.1) is 0 Å². The fourth-order valence-corrected chi connectivity index (χ4v) is 2.10. The van der Waals surface area contributed by atoms with Crippen LogP contribution in [0.1, 0.15) is 55.5 Å². The third-order valence-corrected chi connectivity index (χ3v) is 3.34. The van der Waals surface area contributed by atoms with Crippen molar-refractivity contribution in [2.24, 2.45) is 11.7 Å². The molecule has 0 fully saturated rings. The minimum absolute atomic E-state index is 0.252. The van der Waals surface area contributed by atoms with Gasteiger partial charge in [0.1, 0.15) is 0 Å². The van der Waals surface area contributed by atoms with Crippen molar-refractivity contribution in [3.05, 3.63) is 35.4 Å². The molecule has 1 unspecified atom stereocenters. The predicted octanol–water partition coefficient (Wildman–Crippen LogP) is 3.59. The quantitative estimate of drug-likeness (QED) is 0.713. The van der Waals surface area contributed by atoms with Crippen molar-refractivity contribution < 1.29 is 4.79 Å². The molecule has 2 heteroatoms. The maximum absolute atomic E-state index is 12.0. The first kappa shape index (κ1) is 14.9. The van der Waals surface area contributed by atoms with Gasteiger partial charge in [-0.1, -0.05) is 44.5 Å². The maximum Gasteiger partial charge on any atom is 0.162 e. The van der Waals surface area contributed by atoms with E-state index in [1.165, 1.54) is 5.56 Å². The Balaban J connectivity index is 2.46. The van der Waals surface area contributed by atoms with Gasteiger partial charge in [-0.15, -0.1) is 0 Å². The standard InChI is InChI=1S/C16H25NO/c1-3-4-14-6-8-15(9-7-14)16(18)10-5-13(2)11-12-17/h6-9,13H,3-5,10-12,17H2,1-2H3. The Hall–Kier alpha value is -1.15. The molecule has 0 bridgehead atoms. The van der Waals surface area contributed by atoms with Crippen molar-refractivity contribution in [2.75, 3.05) is 6.54 Å². The third-order valence-electron chi connectivity index (χ3n) is 3.34. The second-order valence-electron chi connectivity index (χ2n) is 5.09. The van der Waals surface area contributed by atoms with Gasteiger partial charge in [0, 0.05) is 12.0 Å². The Morgan fingerprint density at radius 3 is 2.44 bits per heavy atom. The number of ketones is 1. The van der Waals surface area contributed by atoms with E-state index in [0.29, 0.717) is 18.9 Å². The molecular formula is C16H25NO. The molecule has 0 saturated heterocycles. The van der Waals surface area contributed by atoms with Gasteiger partial charge in [-0.25, -0.2) is 0 Å². The fraction of sp³-hybridized carbons (Fsp3) is 0.562. The van der Waals surface area contributed by atoms with Crippen molar-refractivity contribution in [1.82, 2.24) is 0 Å². The number of Topliss-reactive ketones (excluding diaryl/α,β-unsaturated/α-hetero) is 1. The molecule has 1 rings (SSSR count). The molecule has 0 aliphatic carbocycles. The van der Waals surface area contributed by atoms with Gasteiger partial charge in [-0.05, 0) is 37.3 Å². The summed E-state index contributed by atoms with van der Waals surface area (Å²) in [6.45, 7) is 5.03. The fourth-order valence-electron chi connectivity index (χ4n) is 2.10. The van der Waals surface area contributed by atoms with E-state index in [-0.39, 0.29) is 5.78 Å². The summed E-state index contributed by atoms with van der Waals surface area (Å²) in [7, 11) is 0. The Labute approximate surface area is 111 Å². The van der Waals surface area contributed by atoms with Crippen LogP contribution in [-0.2, 0) is 6.42 Å². The summed E-state index contributed by atoms with van der Waals surface area (Å²) < 4.78 is 0. The Kier molecular flexibility index (Phi) is 6.66. The smallest absolute Gasteiger partial charge is 0.162 e. The first-order valence-electron chi connectivity index (χ1n) is 6.99. The number of benzene rings is 1. The van der Waals surface area contributed by atoms with E-state index in [1.807, 2.05) is 12.1 Å². The number of hydrogen-bond donors (Lipinski definition) is 1. The van der Waals surface area contributed by atoms with Gasteiger partial charge >= 0.3 is 0 Å². The molecule has 0 spiro atoms. The van der Waals surface area contributed by atoms with Gasteiger partial charge in [0.2, 0.25) is 0 Å². The van der Waals surface area contributed by atoms with Crippen LogP contribution < -0.4 is 5.73 Å². The summed E-state index contributed by atoms with van der Waals surface area (Å²) >= 11 is 0. The van der Waals surface area contributed by atoms with Crippen LogP contribution in [0.3, 0.4) is 0 Å². The van der Waals surface area contributed by atoms with Gasteiger partial charge < -0.3 is 5.73 Å². The van der Waals surface area contributed by atoms with Crippen molar-refractivity contribution in [2.45, 2.75) is 46.0 Å². The Morgan fingerprint density at radius 2 is 1.89 bits per heavy atom. The highest BCUT2D eigenvalue weighted by Gasteiger charge is 2.08. The van der Waals surface area contributed by atoms with E-state index in [4.69, 9.17) is 5.73 Å². The molecule has 0 radical (unpaired) electrons. The van der Waals surface area contributed by atoms with E-state index in [1.54, 1.807) is 0 Å². The lowest BCUT2D eigenvalue weighted by molar-refractivity contribution is 0.0974. The molecule has 100 valence electrons. The largest absolute Gasteiger partial charge is 0.330 e. The molecule has 1 atom stereocenters. The highest BCUT2D eigenvalue weighted by molar-refractivity contribution is 5.96. The monoisotopic (exact) mass is 247 g/mol. The number of carbonyl (C=O) groups is 1. The molecule has 0 amide bonds. The second-order valence-corrected chi connectivity index (χ2v) is 5.09. The molecule has 0 aromatic heterocycles. The van der Waals surface area contributed by atoms with Gasteiger partial charge in [-0.3, -0.25) is 4.79 Å². The first-order valence-corrected chi connectivity index (χ1v) is 6.99. The maximum atomic E-state index is 12.0. The molecular weight excluding hydrogens is 222 g/mol. The average Bonchev–Trinajstić information content (AvgIpc) is 2.37. The summed E-state index contributed by atoms with van der Waals surface area (Å²) in [5.41, 5.74) is 7.66. The van der Waals surface area contributed by atoms with Crippen LogP contribution in [0.2, 0.25) is 0 Å². The summed E-state index contributed by atoms with van der Waals surface area (Å²) in [5.74, 6) is 0.792. The zero-order valence-corrected chi connectivity index (χ0v) is 11.6. The zero-order chi connectivity index (χ0) is 13.4. The lowest BCUT2D eigenvalue weighted by atomic mass is 9.97. The van der Waals surface area contributed by atoms with Crippen LogP contribution in [0.4, 0.5) is 0 Å². The lowest BCUT2D eigenvalue weighted by Crippen LogP contribution is -2.08. The van der Waals surface area contributed by atoms with Crippen molar-refractivity contribution in [1.29, 1.82) is 0 Å². The van der Waals surface area contributed by atoms with Crippen LogP contribution in [0.25, 0.3) is 0 Å². The average molecular weight is 247 g/mol. The molecule has 0 heterocycles. The van der Waals surface area contributed by atoms with Gasteiger partial charge in [0.15, 0.2) is 5.78 Å². The first-order chi connectivity index (χ1) is 8.67. The van der Waals surface area contributed by atoms with Crippen LogP contribution in [0, 0.1) is 5.92 Å². The van der Waals surface area contributed by atoms with Crippen molar-refractivity contribution in [3.63, 3.8) is 0 Å². The molecule has 0 aliphatic heterocycles. The number of carbonyl (C=O) groups excluding carboxylic acids is 1. The van der Waals surface area contributed by atoms with Crippen molar-refractivity contribution in [3.8, 4) is 0 Å². The molecule has 2 nitrogen and oxygen atoms in total. The van der Waals surface area contributed by atoms with E-state index >= 15 is 0 Å². The van der Waals surface area contributed by atoms with E-state index in [0.717, 1.165) is 31.2 Å². The van der Waals surface area contributed by atoms with Crippen LogP contribution >= 0.6 is 0 Å². The number of aryl methyl sites for hydroxylation is 1. The van der Waals surface area contributed by atoms with E-state index in [2.05, 4.69) is 26.0 Å². The lowest BCUT2D eigenvalue weighted by Gasteiger charge is -2.09. The second kappa shape index (κ2) is 8.04. The zero-order valence-electron chi connectivity index (χ0n) is 11.6. The Bertz CT molecular complexity index is 356. The summed E-state index contributed by atoms with van der Waals surface area (Å²) in [5, 5.41) is 0. The predicted molar refractivity (Wildman–Crippen MR) is 76.8 cm³/mol. The normalized spacial score (nSPS) is 12.4. The van der Waals surface area contributed by atoms with Crippen molar-refractivity contribution >= 4 is 5.78 Å². The minimum Gasteiger partial charge on any atom is -0.330 e. The summed E-state index contributed by atoms with van der Waals surface area (Å²) in [4.78, 5) is 12.0. The topological polar surface area (TPSA) is 43.1 Å². The molecule has 0 saturated carbocycles. The van der Waals surface area contributed by atoms with Gasteiger partial charge in [0.25, 0.3) is 0 Å². The molecule has 0 aliphatic rings. The summed E-state index contributed by atoms with van der Waals surface area (Å²) in [6, 6.07) is 8.06. The number of hydrogen-bond acceptors (Lipinski definition) is 2. The highest BCUT2D eigenvalue weighted by atomic mass is 16.1. The molecule has 1 aromatic rings. The number of nitrogens with two attached hydrogens (primary N) is 1.